The van der Waals surface area contributed by atoms with Crippen LogP contribution in [0, 0.1) is 23.4 Å². The molecule has 41 heavy (non-hydrogen) atoms. The first-order valence-electron chi connectivity index (χ1n) is 11.1. The first kappa shape index (κ1) is 31.1. The Labute approximate surface area is 253 Å². The Hall–Kier alpha value is -2.83. The van der Waals surface area contributed by atoms with Crippen molar-refractivity contribution in [2.75, 3.05) is 16.0 Å². The molecule has 3 aromatic rings. The largest absolute Gasteiger partial charge is 0.400 e. The van der Waals surface area contributed by atoms with Crippen LogP contribution in [0.4, 0.5) is 39.0 Å². The number of alkyl halides is 5. The minimum atomic E-state index is -4.46. The van der Waals surface area contributed by atoms with E-state index in [4.69, 9.17) is 46.4 Å². The minimum Gasteiger partial charge on any atom is -0.326 e. The molecule has 0 spiro atoms. The predicted molar refractivity (Wildman–Crippen MR) is 146 cm³/mol. The second-order valence-electron chi connectivity index (χ2n) is 8.68. The van der Waals surface area contributed by atoms with Crippen molar-refractivity contribution in [2.24, 2.45) is 5.92 Å². The summed E-state index contributed by atoms with van der Waals surface area (Å²) >= 11 is 29.1. The number of hydrogen-bond donors (Lipinski definition) is 3. The SMILES string of the molecule is O=C(Nc1ccc(F)c(NC(=O)C(F)(F)Cl)c1F)c1cc(NC(=O)C2[C@H](c3ccc(F)c(Cl)c3)C2(Cl)Cl)ccc1Cl. The number of halogens is 10. The van der Waals surface area contributed by atoms with Crippen molar-refractivity contribution in [1.82, 2.24) is 0 Å². The van der Waals surface area contributed by atoms with Gasteiger partial charge in [0.05, 0.1) is 27.2 Å². The first-order valence-corrected chi connectivity index (χ1v) is 13.0. The summed E-state index contributed by atoms with van der Waals surface area (Å²) in [6.45, 7) is 0. The van der Waals surface area contributed by atoms with Crippen molar-refractivity contribution in [3.8, 4) is 0 Å². The smallest absolute Gasteiger partial charge is 0.326 e. The molecule has 16 heteroatoms. The van der Waals surface area contributed by atoms with E-state index in [9.17, 15) is 36.3 Å². The highest BCUT2D eigenvalue weighted by atomic mass is 35.5. The number of anilines is 3. The Morgan fingerprint density at radius 1 is 0.829 bits per heavy atom. The molecule has 1 aliphatic rings. The first-order chi connectivity index (χ1) is 19.0. The number of carbonyl (C=O) groups is 3. The summed E-state index contributed by atoms with van der Waals surface area (Å²) < 4.78 is 66.7. The summed E-state index contributed by atoms with van der Waals surface area (Å²) in [5.74, 6) is -9.30. The maximum Gasteiger partial charge on any atom is 0.400 e. The van der Waals surface area contributed by atoms with Crippen molar-refractivity contribution in [3.63, 3.8) is 0 Å². The molecule has 3 aromatic carbocycles. The molecule has 0 aromatic heterocycles. The number of carbonyl (C=O) groups excluding carboxylic acids is 3. The third-order valence-electron chi connectivity index (χ3n) is 5.95. The average molecular weight is 676 g/mol. The molecule has 0 heterocycles. The van der Waals surface area contributed by atoms with Gasteiger partial charge in [-0.3, -0.25) is 14.4 Å². The van der Waals surface area contributed by atoms with Gasteiger partial charge in [-0.05, 0) is 59.6 Å². The number of amides is 3. The number of hydrogen-bond acceptors (Lipinski definition) is 3. The summed E-state index contributed by atoms with van der Waals surface area (Å²) in [5.41, 5.74) is -1.81. The lowest BCUT2D eigenvalue weighted by molar-refractivity contribution is -0.130. The average Bonchev–Trinajstić information content (AvgIpc) is 3.47. The van der Waals surface area contributed by atoms with Crippen molar-refractivity contribution in [2.45, 2.75) is 15.6 Å². The molecule has 1 saturated carbocycles. The number of rotatable bonds is 7. The maximum absolute atomic E-state index is 14.8. The highest BCUT2D eigenvalue weighted by molar-refractivity contribution is 6.53. The molecule has 1 aliphatic carbocycles. The molecular weight excluding hydrogens is 663 g/mol. The second kappa shape index (κ2) is 11.4. The fourth-order valence-electron chi connectivity index (χ4n) is 3.91. The summed E-state index contributed by atoms with van der Waals surface area (Å²) in [6.07, 6.45) is 0. The normalized spacial score (nSPS) is 17.5. The van der Waals surface area contributed by atoms with E-state index in [1.807, 2.05) is 0 Å². The third kappa shape index (κ3) is 6.49. The lowest BCUT2D eigenvalue weighted by Gasteiger charge is -2.14. The molecule has 2 atom stereocenters. The van der Waals surface area contributed by atoms with Crippen LogP contribution < -0.4 is 16.0 Å². The molecule has 4 rings (SSSR count). The van der Waals surface area contributed by atoms with Crippen LogP contribution in [0.15, 0.2) is 48.5 Å². The molecule has 3 amide bonds. The zero-order valence-electron chi connectivity index (χ0n) is 19.8. The molecule has 0 aliphatic heterocycles. The number of benzene rings is 3. The van der Waals surface area contributed by atoms with Crippen LogP contribution in [0.3, 0.4) is 0 Å². The zero-order valence-corrected chi connectivity index (χ0v) is 23.6. The summed E-state index contributed by atoms with van der Waals surface area (Å²) in [6, 6.07) is 8.86. The Kier molecular flexibility index (Phi) is 8.69. The van der Waals surface area contributed by atoms with Gasteiger partial charge in [0.25, 0.3) is 5.91 Å². The highest BCUT2D eigenvalue weighted by Crippen LogP contribution is 2.65. The molecule has 0 saturated heterocycles. The number of nitrogens with one attached hydrogen (secondary N) is 3. The summed E-state index contributed by atoms with van der Waals surface area (Å²) in [5, 5.41) is 1.13. The van der Waals surface area contributed by atoms with Crippen molar-refractivity contribution < 1.29 is 36.3 Å². The van der Waals surface area contributed by atoms with Gasteiger partial charge in [0.1, 0.15) is 21.7 Å². The van der Waals surface area contributed by atoms with Gasteiger partial charge in [0.15, 0.2) is 5.82 Å². The fraction of sp³-hybridized carbons (Fsp3) is 0.160. The summed E-state index contributed by atoms with van der Waals surface area (Å²) in [4.78, 5) is 37.2. The van der Waals surface area contributed by atoms with Crippen LogP contribution in [0.25, 0.3) is 0 Å². The highest BCUT2D eigenvalue weighted by Gasteiger charge is 2.67. The Morgan fingerprint density at radius 2 is 1.49 bits per heavy atom. The van der Waals surface area contributed by atoms with E-state index in [-0.39, 0.29) is 21.3 Å². The van der Waals surface area contributed by atoms with Gasteiger partial charge in [0, 0.05) is 11.6 Å². The molecule has 0 radical (unpaired) electrons. The molecular formula is C25H13Cl5F5N3O3. The van der Waals surface area contributed by atoms with E-state index in [2.05, 4.69) is 22.2 Å². The van der Waals surface area contributed by atoms with Crippen molar-refractivity contribution in [3.05, 3.63) is 87.2 Å². The van der Waals surface area contributed by atoms with Crippen LogP contribution in [0.1, 0.15) is 21.8 Å². The van der Waals surface area contributed by atoms with Gasteiger partial charge in [-0.15, -0.1) is 23.2 Å². The topological polar surface area (TPSA) is 87.3 Å². The van der Waals surface area contributed by atoms with E-state index >= 15 is 0 Å². The molecule has 3 N–H and O–H groups in total. The maximum atomic E-state index is 14.8. The Balaban J connectivity index is 1.52. The van der Waals surface area contributed by atoms with Crippen molar-refractivity contribution >= 4 is 92.8 Å². The van der Waals surface area contributed by atoms with Gasteiger partial charge >= 0.3 is 11.3 Å². The lowest BCUT2D eigenvalue weighted by Crippen LogP contribution is -2.30. The third-order valence-corrected chi connectivity index (χ3v) is 7.68. The molecule has 1 fully saturated rings. The van der Waals surface area contributed by atoms with E-state index in [1.54, 1.807) is 0 Å². The van der Waals surface area contributed by atoms with E-state index < -0.39 is 68.1 Å². The van der Waals surface area contributed by atoms with Crippen molar-refractivity contribution in [1.29, 1.82) is 0 Å². The van der Waals surface area contributed by atoms with Crippen LogP contribution in [-0.2, 0) is 9.59 Å². The predicted octanol–water partition coefficient (Wildman–Crippen LogP) is 7.96. The van der Waals surface area contributed by atoms with Crippen LogP contribution in [0.5, 0.6) is 0 Å². The molecule has 1 unspecified atom stereocenters. The van der Waals surface area contributed by atoms with Crippen LogP contribution in [-0.4, -0.2) is 27.4 Å². The summed E-state index contributed by atoms with van der Waals surface area (Å²) in [7, 11) is 0. The van der Waals surface area contributed by atoms with Gasteiger partial charge < -0.3 is 16.0 Å². The quantitative estimate of drug-likeness (QED) is 0.176. The van der Waals surface area contributed by atoms with E-state index in [1.165, 1.54) is 29.6 Å². The molecule has 0 bridgehead atoms. The van der Waals surface area contributed by atoms with Gasteiger partial charge in [0.2, 0.25) is 5.91 Å². The zero-order chi connectivity index (χ0) is 30.4. The van der Waals surface area contributed by atoms with E-state index in [0.717, 1.165) is 18.2 Å². The Morgan fingerprint density at radius 3 is 2.12 bits per heavy atom. The second-order valence-corrected chi connectivity index (χ2v) is 11.4. The minimum absolute atomic E-state index is 0.0494. The standard InChI is InChI=1S/C25H13Cl5F5N3O3/c26-12-3-2-10(36-22(40)18-17(24(18,28)29)9-1-4-14(31)13(27)7-9)8-11(12)21(39)37-16-6-5-15(32)20(19(16)33)38-23(41)25(30,34)35/h1-8,17-18H,(H,36,40)(H,37,39)(H,38,41)/t17-,18?/m0/s1. The fourth-order valence-corrected chi connectivity index (χ4v) is 5.18. The monoisotopic (exact) mass is 673 g/mol. The Bertz CT molecular complexity index is 1590. The van der Waals surface area contributed by atoms with Gasteiger partial charge in [-0.1, -0.05) is 29.3 Å². The van der Waals surface area contributed by atoms with Gasteiger partial charge in [-0.25, -0.2) is 13.2 Å². The van der Waals surface area contributed by atoms with Crippen LogP contribution >= 0.6 is 58.0 Å². The lowest BCUT2D eigenvalue weighted by atomic mass is 10.1. The van der Waals surface area contributed by atoms with Gasteiger partial charge in [-0.2, -0.15) is 8.78 Å². The molecule has 216 valence electrons. The van der Waals surface area contributed by atoms with E-state index in [0.29, 0.717) is 11.6 Å². The van der Waals surface area contributed by atoms with Crippen LogP contribution in [0.2, 0.25) is 10.0 Å². The molecule has 6 nitrogen and oxygen atoms in total.